The van der Waals surface area contributed by atoms with E-state index >= 15 is 0 Å². The molecule has 0 radical (unpaired) electrons. The number of likely N-dealkylation sites (tertiary alicyclic amines) is 1. The summed E-state index contributed by atoms with van der Waals surface area (Å²) in [6.07, 6.45) is 26.2. The minimum atomic E-state index is -0.148. The predicted molar refractivity (Wildman–Crippen MR) is 140 cm³/mol. The zero-order chi connectivity index (χ0) is 24.0. The molecule has 0 bridgehead atoms. The first-order chi connectivity index (χ1) is 16.2. The zero-order valence-corrected chi connectivity index (χ0v) is 21.6. The van der Waals surface area contributed by atoms with Crippen molar-refractivity contribution in [1.82, 2.24) is 10.2 Å². The maximum Gasteiger partial charge on any atom is 0.233 e. The second kappa shape index (κ2) is 21.3. The quantitative estimate of drug-likeness (QED) is 0.109. The monoisotopic (exact) mass is 463 g/mol. The summed E-state index contributed by atoms with van der Waals surface area (Å²) in [5, 5.41) is 3.30. The summed E-state index contributed by atoms with van der Waals surface area (Å²) in [5.74, 6) is -0.130. The molecule has 0 aliphatic carbocycles. The number of carbonyl (C=O) groups is 2. The van der Waals surface area contributed by atoms with Crippen molar-refractivity contribution >= 4 is 11.8 Å². The Bertz CT molecular complexity index is 521. The highest BCUT2D eigenvalue weighted by atomic mass is 16.2. The van der Waals surface area contributed by atoms with Gasteiger partial charge in [0.05, 0.1) is 5.92 Å². The molecule has 1 unspecified atom stereocenters. The number of rotatable bonds is 23. The van der Waals surface area contributed by atoms with Crippen molar-refractivity contribution in [1.29, 1.82) is 0 Å². The van der Waals surface area contributed by atoms with Crippen molar-refractivity contribution in [2.45, 2.75) is 122 Å². The van der Waals surface area contributed by atoms with E-state index in [2.05, 4.69) is 24.4 Å². The summed E-state index contributed by atoms with van der Waals surface area (Å²) in [5.41, 5.74) is 5.47. The van der Waals surface area contributed by atoms with E-state index in [4.69, 9.17) is 5.73 Å². The van der Waals surface area contributed by atoms with Gasteiger partial charge in [-0.25, -0.2) is 0 Å². The molecule has 0 saturated carbocycles. The summed E-state index contributed by atoms with van der Waals surface area (Å²) in [6.45, 7) is 5.21. The van der Waals surface area contributed by atoms with E-state index in [1.54, 1.807) is 0 Å². The lowest BCUT2D eigenvalue weighted by atomic mass is 10.0. The van der Waals surface area contributed by atoms with Gasteiger partial charge in [-0.05, 0) is 51.7 Å². The van der Waals surface area contributed by atoms with Gasteiger partial charge < -0.3 is 11.1 Å². The standard InChI is InChI=1S/C28H53N3O2/c1-2-3-4-5-6-7-8-9-10-11-12-13-14-15-16-17-20-26-25-27(32)31(28(26)33)24-19-23-30-22-18-21-29/h16-17,26,30H,2-15,18-25,29H2,1H3/b17-16+. The number of carbonyl (C=O) groups excluding carboxylic acids is 2. The van der Waals surface area contributed by atoms with Crippen LogP contribution in [0.4, 0.5) is 0 Å². The highest BCUT2D eigenvalue weighted by molar-refractivity contribution is 6.03. The number of nitrogens with one attached hydrogen (secondary N) is 1. The van der Waals surface area contributed by atoms with E-state index in [1.165, 1.54) is 88.4 Å². The van der Waals surface area contributed by atoms with Crippen molar-refractivity contribution < 1.29 is 9.59 Å². The highest BCUT2D eigenvalue weighted by Crippen LogP contribution is 2.23. The smallest absolute Gasteiger partial charge is 0.233 e. The zero-order valence-electron chi connectivity index (χ0n) is 21.6. The summed E-state index contributed by atoms with van der Waals surface area (Å²) < 4.78 is 0. The third-order valence-electron chi connectivity index (χ3n) is 6.69. The first kappa shape index (κ1) is 29.8. The lowest BCUT2D eigenvalue weighted by molar-refractivity contribution is -0.139. The van der Waals surface area contributed by atoms with Crippen LogP contribution in [0.25, 0.3) is 0 Å². The lowest BCUT2D eigenvalue weighted by Gasteiger charge is -2.14. The molecule has 1 rings (SSSR count). The molecular formula is C28H53N3O2. The van der Waals surface area contributed by atoms with Crippen LogP contribution >= 0.6 is 0 Å². The van der Waals surface area contributed by atoms with Gasteiger partial charge in [0.25, 0.3) is 0 Å². The average Bonchev–Trinajstić information content (AvgIpc) is 3.08. The van der Waals surface area contributed by atoms with Gasteiger partial charge in [-0.2, -0.15) is 0 Å². The van der Waals surface area contributed by atoms with Crippen molar-refractivity contribution in [3.8, 4) is 0 Å². The fourth-order valence-electron chi connectivity index (χ4n) is 4.54. The number of unbranched alkanes of at least 4 members (excludes halogenated alkanes) is 13. The van der Waals surface area contributed by atoms with Crippen LogP contribution in [0.1, 0.15) is 122 Å². The number of hydrogen-bond donors (Lipinski definition) is 2. The molecule has 0 aromatic heterocycles. The molecule has 1 aliphatic rings. The van der Waals surface area contributed by atoms with Crippen molar-refractivity contribution in [3.05, 3.63) is 12.2 Å². The molecule has 0 spiro atoms. The Hall–Kier alpha value is -1.20. The Morgan fingerprint density at radius 3 is 2.00 bits per heavy atom. The third-order valence-corrected chi connectivity index (χ3v) is 6.69. The largest absolute Gasteiger partial charge is 0.330 e. The first-order valence-corrected chi connectivity index (χ1v) is 14.1. The minimum absolute atomic E-state index is 0.00292. The topological polar surface area (TPSA) is 75.4 Å². The number of nitrogens with zero attached hydrogens (tertiary/aromatic N) is 1. The normalized spacial score (nSPS) is 16.5. The molecule has 3 N–H and O–H groups in total. The molecule has 5 nitrogen and oxygen atoms in total. The average molecular weight is 464 g/mol. The SMILES string of the molecule is CCCCCCCCCCCCCCC/C=C/CC1CC(=O)N(CCCNCCCN)C1=O. The van der Waals surface area contributed by atoms with Gasteiger partial charge in [0.2, 0.25) is 11.8 Å². The highest BCUT2D eigenvalue weighted by Gasteiger charge is 2.36. The Balaban J connectivity index is 1.95. The van der Waals surface area contributed by atoms with Crippen molar-refractivity contribution in [2.75, 3.05) is 26.2 Å². The third kappa shape index (κ3) is 15.3. The van der Waals surface area contributed by atoms with Gasteiger partial charge in [-0.1, -0.05) is 96.1 Å². The molecule has 0 aromatic carbocycles. The maximum atomic E-state index is 12.5. The summed E-state index contributed by atoms with van der Waals surface area (Å²) in [4.78, 5) is 26.2. The molecule has 1 atom stereocenters. The van der Waals surface area contributed by atoms with Crippen LogP contribution in [-0.4, -0.2) is 42.9 Å². The molecule has 1 aliphatic heterocycles. The van der Waals surface area contributed by atoms with E-state index in [0.29, 0.717) is 25.9 Å². The van der Waals surface area contributed by atoms with Crippen LogP contribution in [0.3, 0.4) is 0 Å². The van der Waals surface area contributed by atoms with E-state index in [0.717, 1.165) is 32.4 Å². The Morgan fingerprint density at radius 2 is 1.39 bits per heavy atom. The summed E-state index contributed by atoms with van der Waals surface area (Å²) >= 11 is 0. The lowest BCUT2D eigenvalue weighted by Crippen LogP contribution is -2.33. The molecule has 0 aromatic rings. The van der Waals surface area contributed by atoms with Gasteiger partial charge >= 0.3 is 0 Å². The van der Waals surface area contributed by atoms with Gasteiger partial charge in [0.1, 0.15) is 0 Å². The van der Waals surface area contributed by atoms with Crippen LogP contribution in [0, 0.1) is 5.92 Å². The van der Waals surface area contributed by atoms with Gasteiger partial charge in [0.15, 0.2) is 0 Å². The summed E-state index contributed by atoms with van der Waals surface area (Å²) in [6, 6.07) is 0. The van der Waals surface area contributed by atoms with E-state index in [-0.39, 0.29) is 17.7 Å². The molecule has 5 heteroatoms. The van der Waals surface area contributed by atoms with Crippen LogP contribution in [0.15, 0.2) is 12.2 Å². The van der Waals surface area contributed by atoms with Crippen molar-refractivity contribution in [2.24, 2.45) is 11.7 Å². The maximum absolute atomic E-state index is 12.5. The molecule has 1 heterocycles. The first-order valence-electron chi connectivity index (χ1n) is 14.1. The molecule has 1 fully saturated rings. The number of hydrogen-bond acceptors (Lipinski definition) is 4. The van der Waals surface area contributed by atoms with Crippen LogP contribution in [0.5, 0.6) is 0 Å². The van der Waals surface area contributed by atoms with Crippen molar-refractivity contribution in [3.63, 3.8) is 0 Å². The molecule has 2 amide bonds. The molecule has 1 saturated heterocycles. The van der Waals surface area contributed by atoms with Gasteiger partial charge in [0, 0.05) is 13.0 Å². The van der Waals surface area contributed by atoms with Gasteiger partial charge in [-0.3, -0.25) is 14.5 Å². The number of nitrogens with two attached hydrogens (primary N) is 1. The van der Waals surface area contributed by atoms with Crippen LogP contribution in [0.2, 0.25) is 0 Å². The molecule has 33 heavy (non-hydrogen) atoms. The van der Waals surface area contributed by atoms with Crippen LogP contribution < -0.4 is 11.1 Å². The van der Waals surface area contributed by atoms with E-state index in [9.17, 15) is 9.59 Å². The van der Waals surface area contributed by atoms with E-state index < -0.39 is 0 Å². The molecule has 192 valence electrons. The Kier molecular flexibility index (Phi) is 19.3. The fraction of sp³-hybridized carbons (Fsp3) is 0.857. The second-order valence-electron chi connectivity index (χ2n) is 9.77. The fourth-order valence-corrected chi connectivity index (χ4v) is 4.54. The summed E-state index contributed by atoms with van der Waals surface area (Å²) in [7, 11) is 0. The number of allylic oxidation sites excluding steroid dienone is 2. The van der Waals surface area contributed by atoms with E-state index in [1.807, 2.05) is 0 Å². The second-order valence-corrected chi connectivity index (χ2v) is 9.77. The Labute approximate surface area is 204 Å². The van der Waals surface area contributed by atoms with Crippen LogP contribution in [-0.2, 0) is 9.59 Å². The minimum Gasteiger partial charge on any atom is -0.330 e. The number of amides is 2. The van der Waals surface area contributed by atoms with Gasteiger partial charge in [-0.15, -0.1) is 0 Å². The number of imide groups is 1. The molecular weight excluding hydrogens is 410 g/mol. The Morgan fingerprint density at radius 1 is 0.818 bits per heavy atom. The predicted octanol–water partition coefficient (Wildman–Crippen LogP) is 6.12.